The predicted molar refractivity (Wildman–Crippen MR) is 159 cm³/mol. The topological polar surface area (TPSA) is 102 Å². The van der Waals surface area contributed by atoms with Crippen LogP contribution in [-0.4, -0.2) is 29.1 Å². The van der Waals surface area contributed by atoms with Crippen molar-refractivity contribution in [3.8, 4) is 6.07 Å². The number of carboxylic acids is 1. The number of nitriles is 1. The fraction of sp³-hybridized carbons (Fsp3) is 0.344. The van der Waals surface area contributed by atoms with E-state index in [1.54, 1.807) is 19.9 Å². The van der Waals surface area contributed by atoms with Gasteiger partial charge in [0.1, 0.15) is 17.0 Å². The van der Waals surface area contributed by atoms with Crippen LogP contribution in [0.5, 0.6) is 0 Å². The van der Waals surface area contributed by atoms with Gasteiger partial charge >= 0.3 is 5.97 Å². The molecule has 3 aromatic rings. The minimum absolute atomic E-state index is 0.0170. The zero-order valence-corrected chi connectivity index (χ0v) is 25.3. The second-order valence-corrected chi connectivity index (χ2v) is 12.8. The number of nitrogens with one attached hydrogen (secondary N) is 2. The van der Waals surface area contributed by atoms with E-state index in [9.17, 15) is 20.0 Å². The quantitative estimate of drug-likeness (QED) is 0.266. The molecule has 1 aliphatic rings. The van der Waals surface area contributed by atoms with Crippen molar-refractivity contribution >= 4 is 40.8 Å². The summed E-state index contributed by atoms with van der Waals surface area (Å²) in [6.07, 6.45) is 0.330. The number of hydrogen-bond acceptors (Lipinski definition) is 4. The molecule has 0 bridgehead atoms. The molecule has 0 saturated carbocycles. The van der Waals surface area contributed by atoms with Crippen molar-refractivity contribution in [3.05, 3.63) is 98.0 Å². The normalized spacial score (nSPS) is 22.0. The third-order valence-electron chi connectivity index (χ3n) is 7.79. The molecular weight excluding hydrogens is 583 g/mol. The number of amides is 1. The van der Waals surface area contributed by atoms with E-state index in [2.05, 4.69) is 16.7 Å². The molecule has 1 amide bonds. The molecule has 10 heteroatoms. The second kappa shape index (κ2) is 11.6. The Balaban J connectivity index is 1.95. The zero-order valence-electron chi connectivity index (χ0n) is 23.8. The van der Waals surface area contributed by atoms with Crippen LogP contribution in [0.3, 0.4) is 0 Å². The first kappa shape index (κ1) is 31.4. The van der Waals surface area contributed by atoms with Crippen molar-refractivity contribution in [2.75, 3.05) is 5.32 Å². The molecule has 4 atom stereocenters. The highest BCUT2D eigenvalue weighted by Crippen LogP contribution is 2.53. The Morgan fingerprint density at radius 1 is 1.10 bits per heavy atom. The maximum atomic E-state index is 15.8. The van der Waals surface area contributed by atoms with Gasteiger partial charge in [-0.2, -0.15) is 5.26 Å². The average molecular weight is 615 g/mol. The first-order chi connectivity index (χ1) is 19.6. The maximum Gasteiger partial charge on any atom is 0.335 e. The molecule has 0 radical (unpaired) electrons. The minimum atomic E-state index is -1.76. The Hall–Kier alpha value is -3.51. The molecule has 1 aliphatic heterocycles. The van der Waals surface area contributed by atoms with Crippen LogP contribution in [0.25, 0.3) is 0 Å². The number of hydrogen-bond donors (Lipinski definition) is 3. The van der Waals surface area contributed by atoms with Crippen LogP contribution in [0.2, 0.25) is 10.0 Å². The number of nitrogens with zero attached hydrogens (tertiary/aromatic N) is 1. The van der Waals surface area contributed by atoms with Crippen LogP contribution in [0.1, 0.15) is 65.7 Å². The summed E-state index contributed by atoms with van der Waals surface area (Å²) in [7, 11) is 0. The SMILES string of the molecule is Cc1cc(C(=O)O)c(C)cc1NC(=O)[C@@H]1N[C@@H](CC(C)(C)C)[C@](C#N)(c2ccc(Cl)cc2F)[C@H]1c1cccc(Cl)c1F. The van der Waals surface area contributed by atoms with E-state index < -0.39 is 46.9 Å². The molecule has 0 spiro atoms. The lowest BCUT2D eigenvalue weighted by molar-refractivity contribution is -0.118. The zero-order chi connectivity index (χ0) is 31.1. The Labute approximate surface area is 253 Å². The lowest BCUT2D eigenvalue weighted by Gasteiger charge is -2.37. The van der Waals surface area contributed by atoms with Gasteiger partial charge in [-0.15, -0.1) is 0 Å². The largest absolute Gasteiger partial charge is 0.478 e. The first-order valence-corrected chi connectivity index (χ1v) is 14.1. The van der Waals surface area contributed by atoms with Gasteiger partial charge in [-0.1, -0.05) is 62.2 Å². The number of aromatic carboxylic acids is 1. The molecule has 6 nitrogen and oxygen atoms in total. The smallest absolute Gasteiger partial charge is 0.335 e. The van der Waals surface area contributed by atoms with Crippen LogP contribution in [-0.2, 0) is 10.2 Å². The molecule has 1 saturated heterocycles. The summed E-state index contributed by atoms with van der Waals surface area (Å²) >= 11 is 12.3. The van der Waals surface area contributed by atoms with E-state index in [4.69, 9.17) is 23.2 Å². The Kier molecular flexibility index (Phi) is 8.71. The number of anilines is 1. The number of rotatable bonds is 6. The van der Waals surface area contributed by atoms with Gasteiger partial charge in [0, 0.05) is 28.2 Å². The highest BCUT2D eigenvalue weighted by molar-refractivity contribution is 6.31. The van der Waals surface area contributed by atoms with Crippen LogP contribution in [0.15, 0.2) is 48.5 Å². The molecule has 4 rings (SSSR count). The maximum absolute atomic E-state index is 15.8. The summed E-state index contributed by atoms with van der Waals surface area (Å²) in [6.45, 7) is 9.12. The van der Waals surface area contributed by atoms with Crippen LogP contribution in [0, 0.1) is 42.2 Å². The van der Waals surface area contributed by atoms with Gasteiger partial charge in [-0.3, -0.25) is 4.79 Å². The van der Waals surface area contributed by atoms with E-state index in [0.717, 1.165) is 6.07 Å². The van der Waals surface area contributed by atoms with Gasteiger partial charge in [0.15, 0.2) is 0 Å². The Morgan fingerprint density at radius 2 is 1.79 bits per heavy atom. The van der Waals surface area contributed by atoms with E-state index >= 15 is 8.78 Å². The van der Waals surface area contributed by atoms with Crippen molar-refractivity contribution in [2.24, 2.45) is 5.41 Å². The number of aryl methyl sites for hydroxylation is 2. The summed E-state index contributed by atoms with van der Waals surface area (Å²) in [5.74, 6) is -4.49. The molecule has 220 valence electrons. The monoisotopic (exact) mass is 613 g/mol. The van der Waals surface area contributed by atoms with Gasteiger partial charge in [-0.05, 0) is 72.7 Å². The van der Waals surface area contributed by atoms with Crippen LogP contribution >= 0.6 is 23.2 Å². The second-order valence-electron chi connectivity index (χ2n) is 12.0. The average Bonchev–Trinajstić information content (AvgIpc) is 3.20. The van der Waals surface area contributed by atoms with Gasteiger partial charge in [0.2, 0.25) is 5.91 Å². The van der Waals surface area contributed by atoms with Crippen LogP contribution in [0.4, 0.5) is 14.5 Å². The standard InChI is InChI=1S/C32H31Cl2F2N3O3/c1-16-12-24(17(2)11-20(16)30(41)42)38-29(40)28-26(19-7-6-8-22(34)27(19)36)32(15-37,25(39-28)14-31(3,4)5)21-10-9-18(33)13-23(21)35/h6-13,25-26,28,39H,14H2,1-5H3,(H,38,40)(H,41,42)/t25-,26-,28+,32-/m0/s1. The Morgan fingerprint density at radius 3 is 2.38 bits per heavy atom. The van der Waals surface area contributed by atoms with Gasteiger partial charge in [0.25, 0.3) is 0 Å². The summed E-state index contributed by atoms with van der Waals surface area (Å²) < 4.78 is 31.6. The van der Waals surface area contributed by atoms with Crippen molar-refractivity contribution in [1.29, 1.82) is 5.26 Å². The van der Waals surface area contributed by atoms with Gasteiger partial charge in [-0.25, -0.2) is 13.6 Å². The van der Waals surface area contributed by atoms with Crippen LogP contribution < -0.4 is 10.6 Å². The molecule has 0 aromatic heterocycles. The third-order valence-corrected chi connectivity index (χ3v) is 8.32. The van der Waals surface area contributed by atoms with E-state index in [0.29, 0.717) is 23.2 Å². The molecule has 0 unspecified atom stereocenters. The van der Waals surface area contributed by atoms with Gasteiger partial charge in [0.05, 0.1) is 22.7 Å². The summed E-state index contributed by atoms with van der Waals surface area (Å²) in [4.78, 5) is 25.7. The van der Waals surface area contributed by atoms with Crippen molar-refractivity contribution < 1.29 is 23.5 Å². The number of benzene rings is 3. The molecule has 3 aromatic carbocycles. The molecule has 0 aliphatic carbocycles. The molecule has 3 N–H and O–H groups in total. The minimum Gasteiger partial charge on any atom is -0.478 e. The summed E-state index contributed by atoms with van der Waals surface area (Å²) in [5.41, 5.74) is -0.800. The fourth-order valence-electron chi connectivity index (χ4n) is 5.95. The number of carbonyl (C=O) groups is 2. The fourth-order valence-corrected chi connectivity index (χ4v) is 6.29. The van der Waals surface area contributed by atoms with Crippen molar-refractivity contribution in [2.45, 2.75) is 64.5 Å². The number of carboxylic acid groups (broad SMARTS) is 1. The Bertz CT molecular complexity index is 1620. The molecule has 42 heavy (non-hydrogen) atoms. The first-order valence-electron chi connectivity index (χ1n) is 13.3. The van der Waals surface area contributed by atoms with E-state index in [-0.39, 0.29) is 32.2 Å². The van der Waals surface area contributed by atoms with Gasteiger partial charge < -0.3 is 15.7 Å². The predicted octanol–water partition coefficient (Wildman–Crippen LogP) is 7.55. The summed E-state index contributed by atoms with van der Waals surface area (Å²) in [6, 6.07) is 11.6. The third kappa shape index (κ3) is 5.74. The molecule has 1 heterocycles. The van der Waals surface area contributed by atoms with Crippen molar-refractivity contribution in [3.63, 3.8) is 0 Å². The molecule has 1 fully saturated rings. The number of carbonyl (C=O) groups excluding carboxylic acids is 1. The molecular formula is C32H31Cl2F2N3O3. The highest BCUT2D eigenvalue weighted by atomic mass is 35.5. The summed E-state index contributed by atoms with van der Waals surface area (Å²) in [5, 5.41) is 26.5. The lowest BCUT2D eigenvalue weighted by atomic mass is 9.62. The van der Waals surface area contributed by atoms with E-state index in [1.807, 2.05) is 20.8 Å². The highest BCUT2D eigenvalue weighted by Gasteiger charge is 2.61. The lowest BCUT2D eigenvalue weighted by Crippen LogP contribution is -2.45. The van der Waals surface area contributed by atoms with E-state index in [1.165, 1.54) is 36.4 Å². The number of halogens is 4. The van der Waals surface area contributed by atoms with Crippen molar-refractivity contribution in [1.82, 2.24) is 5.32 Å².